The van der Waals surface area contributed by atoms with Crippen molar-refractivity contribution in [1.82, 2.24) is 0 Å². The standard InChI is InChI=1S/C12H13F3O2/c1-7(16)4-8-5-9(12(2,14)15)6-10(13)11(8)17-3/h5-6H,4H2,1-3H3. The van der Waals surface area contributed by atoms with E-state index in [1.165, 1.54) is 14.0 Å². The molecule has 1 aromatic rings. The van der Waals surface area contributed by atoms with E-state index in [1.807, 2.05) is 0 Å². The third-order valence-corrected chi connectivity index (χ3v) is 2.27. The second kappa shape index (κ2) is 4.77. The van der Waals surface area contributed by atoms with Gasteiger partial charge in [0, 0.05) is 24.5 Å². The van der Waals surface area contributed by atoms with Gasteiger partial charge in [-0.3, -0.25) is 4.79 Å². The second-order valence-electron chi connectivity index (χ2n) is 3.92. The van der Waals surface area contributed by atoms with E-state index in [0.717, 1.165) is 12.1 Å². The Morgan fingerprint density at radius 2 is 2.00 bits per heavy atom. The zero-order chi connectivity index (χ0) is 13.2. The fourth-order valence-electron chi connectivity index (χ4n) is 1.53. The largest absolute Gasteiger partial charge is 0.493 e. The van der Waals surface area contributed by atoms with Gasteiger partial charge in [0.15, 0.2) is 11.6 Å². The minimum Gasteiger partial charge on any atom is -0.493 e. The molecule has 0 heterocycles. The number of halogens is 3. The van der Waals surface area contributed by atoms with Crippen LogP contribution in [0.4, 0.5) is 13.2 Å². The van der Waals surface area contributed by atoms with Crippen LogP contribution in [0.3, 0.4) is 0 Å². The summed E-state index contributed by atoms with van der Waals surface area (Å²) in [6.07, 6.45) is -0.135. The first kappa shape index (κ1) is 13.5. The smallest absolute Gasteiger partial charge is 0.270 e. The summed E-state index contributed by atoms with van der Waals surface area (Å²) in [4.78, 5) is 11.0. The molecule has 1 aromatic carbocycles. The van der Waals surface area contributed by atoms with Crippen LogP contribution in [-0.2, 0) is 17.1 Å². The van der Waals surface area contributed by atoms with Gasteiger partial charge in [0.25, 0.3) is 5.92 Å². The maximum Gasteiger partial charge on any atom is 0.270 e. The van der Waals surface area contributed by atoms with Crippen molar-refractivity contribution in [1.29, 1.82) is 0 Å². The molecule has 5 heteroatoms. The molecule has 0 saturated heterocycles. The molecule has 0 aliphatic rings. The number of alkyl halides is 2. The number of Topliss-reactive ketones (excluding diaryl/α,β-unsaturated/α-hetero) is 1. The van der Waals surface area contributed by atoms with Gasteiger partial charge < -0.3 is 4.74 Å². The SMILES string of the molecule is COc1c(F)cc(C(C)(F)F)cc1CC(C)=O. The van der Waals surface area contributed by atoms with Gasteiger partial charge in [0.2, 0.25) is 0 Å². The maximum atomic E-state index is 13.5. The molecular formula is C12H13F3O2. The molecule has 0 amide bonds. The van der Waals surface area contributed by atoms with Crippen molar-refractivity contribution in [3.05, 3.63) is 29.1 Å². The zero-order valence-electron chi connectivity index (χ0n) is 9.81. The van der Waals surface area contributed by atoms with Crippen LogP contribution >= 0.6 is 0 Å². The van der Waals surface area contributed by atoms with Gasteiger partial charge in [-0.05, 0) is 19.1 Å². The Balaban J connectivity index is 3.33. The van der Waals surface area contributed by atoms with Gasteiger partial charge >= 0.3 is 0 Å². The summed E-state index contributed by atoms with van der Waals surface area (Å²) in [6.45, 7) is 1.97. The number of rotatable bonds is 4. The quantitative estimate of drug-likeness (QED) is 0.816. The third-order valence-electron chi connectivity index (χ3n) is 2.27. The molecule has 0 unspecified atom stereocenters. The minimum absolute atomic E-state index is 0.135. The number of carbonyl (C=O) groups excluding carboxylic acids is 1. The average molecular weight is 246 g/mol. The van der Waals surface area contributed by atoms with Crippen LogP contribution in [-0.4, -0.2) is 12.9 Å². The molecule has 0 atom stereocenters. The average Bonchev–Trinajstić information content (AvgIpc) is 2.14. The minimum atomic E-state index is -3.15. The van der Waals surface area contributed by atoms with E-state index in [2.05, 4.69) is 0 Å². The van der Waals surface area contributed by atoms with Crippen molar-refractivity contribution in [3.63, 3.8) is 0 Å². The van der Waals surface area contributed by atoms with Crippen molar-refractivity contribution >= 4 is 5.78 Å². The lowest BCUT2D eigenvalue weighted by Gasteiger charge is -2.15. The molecule has 94 valence electrons. The third kappa shape index (κ3) is 3.22. The van der Waals surface area contributed by atoms with Crippen molar-refractivity contribution in [2.75, 3.05) is 7.11 Å². The maximum absolute atomic E-state index is 13.5. The van der Waals surface area contributed by atoms with Crippen LogP contribution in [0.25, 0.3) is 0 Å². The number of benzene rings is 1. The fraction of sp³-hybridized carbons (Fsp3) is 0.417. The summed E-state index contributed by atoms with van der Waals surface area (Å²) < 4.78 is 44.5. The lowest BCUT2D eigenvalue weighted by atomic mass is 10.0. The van der Waals surface area contributed by atoms with E-state index < -0.39 is 17.3 Å². The predicted molar refractivity (Wildman–Crippen MR) is 56.9 cm³/mol. The number of methoxy groups -OCH3 is 1. The fourth-order valence-corrected chi connectivity index (χ4v) is 1.53. The Hall–Kier alpha value is -1.52. The molecule has 0 saturated carbocycles. The van der Waals surface area contributed by atoms with E-state index in [0.29, 0.717) is 6.92 Å². The van der Waals surface area contributed by atoms with E-state index >= 15 is 0 Å². The molecule has 0 bridgehead atoms. The van der Waals surface area contributed by atoms with Gasteiger partial charge in [0.1, 0.15) is 5.78 Å². The van der Waals surface area contributed by atoms with Gasteiger partial charge in [-0.25, -0.2) is 13.2 Å². The highest BCUT2D eigenvalue weighted by molar-refractivity contribution is 5.79. The predicted octanol–water partition coefficient (Wildman–Crippen LogP) is 3.08. The van der Waals surface area contributed by atoms with Gasteiger partial charge in [-0.2, -0.15) is 0 Å². The lowest BCUT2D eigenvalue weighted by molar-refractivity contribution is -0.116. The topological polar surface area (TPSA) is 26.3 Å². The van der Waals surface area contributed by atoms with Crippen molar-refractivity contribution in [2.45, 2.75) is 26.2 Å². The summed E-state index contributed by atoms with van der Waals surface area (Å²) in [5.74, 6) is -4.45. The number of hydrogen-bond acceptors (Lipinski definition) is 2. The summed E-state index contributed by atoms with van der Waals surface area (Å²) in [6, 6.07) is 1.83. The molecule has 1 rings (SSSR count). The molecule has 2 nitrogen and oxygen atoms in total. The van der Waals surface area contributed by atoms with Crippen LogP contribution in [0.15, 0.2) is 12.1 Å². The number of hydrogen-bond donors (Lipinski definition) is 0. The van der Waals surface area contributed by atoms with Crippen LogP contribution in [0.2, 0.25) is 0 Å². The van der Waals surface area contributed by atoms with Crippen LogP contribution in [0.5, 0.6) is 5.75 Å². The molecule has 17 heavy (non-hydrogen) atoms. The Kier molecular flexibility index (Phi) is 3.80. The number of ether oxygens (including phenoxy) is 1. The number of carbonyl (C=O) groups is 1. The van der Waals surface area contributed by atoms with Crippen LogP contribution < -0.4 is 4.74 Å². The molecule has 0 radical (unpaired) electrons. The Labute approximate surface area is 97.4 Å². The Bertz CT molecular complexity index is 436. The molecule has 0 aromatic heterocycles. The van der Waals surface area contributed by atoms with Crippen LogP contribution in [0, 0.1) is 5.82 Å². The monoisotopic (exact) mass is 246 g/mol. The molecule has 0 aliphatic carbocycles. The van der Waals surface area contributed by atoms with E-state index in [-0.39, 0.29) is 23.5 Å². The molecule has 0 fully saturated rings. The van der Waals surface area contributed by atoms with Crippen molar-refractivity contribution in [2.24, 2.45) is 0 Å². The number of ketones is 1. The normalized spacial score (nSPS) is 11.4. The lowest BCUT2D eigenvalue weighted by Crippen LogP contribution is -2.10. The van der Waals surface area contributed by atoms with Gasteiger partial charge in [-0.1, -0.05) is 0 Å². The Morgan fingerprint density at radius 3 is 2.41 bits per heavy atom. The van der Waals surface area contributed by atoms with E-state index in [9.17, 15) is 18.0 Å². The molecule has 0 N–H and O–H groups in total. The van der Waals surface area contributed by atoms with Gasteiger partial charge in [0.05, 0.1) is 7.11 Å². The molecule has 0 aliphatic heterocycles. The van der Waals surface area contributed by atoms with Gasteiger partial charge in [-0.15, -0.1) is 0 Å². The molecule has 0 spiro atoms. The highest BCUT2D eigenvalue weighted by Gasteiger charge is 2.27. The first-order valence-electron chi connectivity index (χ1n) is 5.00. The van der Waals surface area contributed by atoms with Crippen molar-refractivity contribution < 1.29 is 22.7 Å². The van der Waals surface area contributed by atoms with E-state index in [1.54, 1.807) is 0 Å². The second-order valence-corrected chi connectivity index (χ2v) is 3.92. The highest BCUT2D eigenvalue weighted by Crippen LogP contribution is 2.33. The first-order valence-corrected chi connectivity index (χ1v) is 5.00. The van der Waals surface area contributed by atoms with E-state index in [4.69, 9.17) is 4.74 Å². The molecular weight excluding hydrogens is 233 g/mol. The summed E-state index contributed by atoms with van der Waals surface area (Å²) in [5, 5.41) is 0. The first-order chi connectivity index (χ1) is 7.75. The zero-order valence-corrected chi connectivity index (χ0v) is 9.81. The summed E-state index contributed by atoms with van der Waals surface area (Å²) in [7, 11) is 1.23. The Morgan fingerprint density at radius 1 is 1.41 bits per heavy atom. The highest BCUT2D eigenvalue weighted by atomic mass is 19.3. The van der Waals surface area contributed by atoms with Crippen molar-refractivity contribution in [3.8, 4) is 5.75 Å². The van der Waals surface area contributed by atoms with Crippen LogP contribution in [0.1, 0.15) is 25.0 Å². The summed E-state index contributed by atoms with van der Waals surface area (Å²) in [5.41, 5.74) is -0.330. The summed E-state index contributed by atoms with van der Waals surface area (Å²) >= 11 is 0.